The maximum atomic E-state index is 12.4. The van der Waals surface area contributed by atoms with Crippen molar-refractivity contribution in [3.8, 4) is 0 Å². The summed E-state index contributed by atoms with van der Waals surface area (Å²) in [5, 5.41) is 0.355. The van der Waals surface area contributed by atoms with Crippen LogP contribution in [0.15, 0.2) is 24.3 Å². The predicted octanol–water partition coefficient (Wildman–Crippen LogP) is 2.58. The summed E-state index contributed by atoms with van der Waals surface area (Å²) >= 11 is 6.11. The van der Waals surface area contributed by atoms with Gasteiger partial charge in [0.25, 0.3) is 0 Å². The lowest BCUT2D eigenvalue weighted by Gasteiger charge is -2.23. The van der Waals surface area contributed by atoms with E-state index in [1.165, 1.54) is 4.90 Å². The monoisotopic (exact) mass is 341 g/mol. The second-order valence-corrected chi connectivity index (χ2v) is 4.94. The lowest BCUT2D eigenvalue weighted by Crippen LogP contribution is -2.35. The Morgan fingerprint density at radius 3 is 2.26 bits per heavy atom. The van der Waals surface area contributed by atoms with Crippen molar-refractivity contribution < 1.29 is 23.9 Å². The van der Waals surface area contributed by atoms with Crippen LogP contribution in [0.3, 0.4) is 0 Å². The van der Waals surface area contributed by atoms with Crippen molar-refractivity contribution in [3.63, 3.8) is 0 Å². The van der Waals surface area contributed by atoms with Crippen LogP contribution >= 0.6 is 11.6 Å². The molecule has 7 heteroatoms. The van der Waals surface area contributed by atoms with Crippen LogP contribution < -0.4 is 4.90 Å². The SMILES string of the molecule is CCOC(=O)CCN(C(=O)CC(=O)OCC)c1ccccc1Cl. The summed E-state index contributed by atoms with van der Waals surface area (Å²) < 4.78 is 9.64. The van der Waals surface area contributed by atoms with Gasteiger partial charge in [-0.05, 0) is 26.0 Å². The number of halogens is 1. The van der Waals surface area contributed by atoms with Gasteiger partial charge in [0.1, 0.15) is 6.42 Å². The third-order valence-corrected chi connectivity index (χ3v) is 3.21. The van der Waals surface area contributed by atoms with Crippen molar-refractivity contribution in [2.24, 2.45) is 0 Å². The fourth-order valence-electron chi connectivity index (χ4n) is 1.92. The van der Waals surface area contributed by atoms with E-state index in [1.807, 2.05) is 0 Å². The lowest BCUT2D eigenvalue weighted by molar-refractivity contribution is -0.145. The summed E-state index contributed by atoms with van der Waals surface area (Å²) in [5.41, 5.74) is 0.438. The smallest absolute Gasteiger partial charge is 0.315 e. The molecular weight excluding hydrogens is 322 g/mol. The second kappa shape index (κ2) is 9.84. The Balaban J connectivity index is 2.88. The molecule has 0 aromatic heterocycles. The van der Waals surface area contributed by atoms with E-state index in [9.17, 15) is 14.4 Å². The highest BCUT2D eigenvalue weighted by Gasteiger charge is 2.22. The average Bonchev–Trinajstić information content (AvgIpc) is 2.49. The molecule has 0 bridgehead atoms. The van der Waals surface area contributed by atoms with Crippen LogP contribution in [-0.2, 0) is 23.9 Å². The van der Waals surface area contributed by atoms with Crippen molar-refractivity contribution >= 4 is 35.1 Å². The number of rotatable bonds is 8. The number of carbonyl (C=O) groups is 3. The van der Waals surface area contributed by atoms with Crippen LogP contribution in [0.4, 0.5) is 5.69 Å². The van der Waals surface area contributed by atoms with Gasteiger partial charge in [-0.3, -0.25) is 14.4 Å². The highest BCUT2D eigenvalue weighted by molar-refractivity contribution is 6.33. The van der Waals surface area contributed by atoms with Gasteiger partial charge in [-0.2, -0.15) is 0 Å². The number of hydrogen-bond donors (Lipinski definition) is 0. The molecule has 0 aliphatic heterocycles. The van der Waals surface area contributed by atoms with Gasteiger partial charge >= 0.3 is 11.9 Å². The molecule has 0 fully saturated rings. The molecular formula is C16H20ClNO5. The zero-order valence-electron chi connectivity index (χ0n) is 13.2. The quantitative estimate of drug-likeness (QED) is 0.536. The first-order chi connectivity index (χ1) is 11.0. The molecule has 0 saturated carbocycles. The molecule has 0 aliphatic carbocycles. The molecule has 1 amide bonds. The Bertz CT molecular complexity index is 561. The number of amides is 1. The van der Waals surface area contributed by atoms with E-state index < -0.39 is 24.3 Å². The van der Waals surface area contributed by atoms with Crippen molar-refractivity contribution in [3.05, 3.63) is 29.3 Å². The first-order valence-electron chi connectivity index (χ1n) is 7.35. The Hall–Kier alpha value is -2.08. The third kappa shape index (κ3) is 6.28. The van der Waals surface area contributed by atoms with Gasteiger partial charge in [-0.25, -0.2) is 0 Å². The number of ether oxygens (including phenoxy) is 2. The highest BCUT2D eigenvalue weighted by atomic mass is 35.5. The summed E-state index contributed by atoms with van der Waals surface area (Å²) in [4.78, 5) is 36.7. The number of para-hydroxylation sites is 1. The number of nitrogens with zero attached hydrogens (tertiary/aromatic N) is 1. The van der Waals surface area contributed by atoms with Crippen LogP contribution in [0.5, 0.6) is 0 Å². The molecule has 0 heterocycles. The minimum Gasteiger partial charge on any atom is -0.466 e. The highest BCUT2D eigenvalue weighted by Crippen LogP contribution is 2.26. The number of anilines is 1. The van der Waals surface area contributed by atoms with Crippen LogP contribution in [0.1, 0.15) is 26.7 Å². The largest absolute Gasteiger partial charge is 0.466 e. The van der Waals surface area contributed by atoms with Crippen molar-refractivity contribution in [1.82, 2.24) is 0 Å². The van der Waals surface area contributed by atoms with E-state index in [2.05, 4.69) is 0 Å². The molecule has 1 rings (SSSR count). The first-order valence-corrected chi connectivity index (χ1v) is 7.73. The summed E-state index contributed by atoms with van der Waals surface area (Å²) in [6, 6.07) is 6.73. The molecule has 0 N–H and O–H groups in total. The molecule has 1 aromatic carbocycles. The molecule has 0 aliphatic rings. The van der Waals surface area contributed by atoms with Gasteiger partial charge in [-0.15, -0.1) is 0 Å². The fraction of sp³-hybridized carbons (Fsp3) is 0.438. The molecule has 0 atom stereocenters. The van der Waals surface area contributed by atoms with Crippen LogP contribution in [-0.4, -0.2) is 37.6 Å². The van der Waals surface area contributed by atoms with Crippen LogP contribution in [0.2, 0.25) is 5.02 Å². The molecule has 0 spiro atoms. The Labute approximate surface area is 140 Å². The minimum absolute atomic E-state index is 0.00757. The zero-order valence-corrected chi connectivity index (χ0v) is 14.0. The Morgan fingerprint density at radius 2 is 1.65 bits per heavy atom. The van der Waals surface area contributed by atoms with Gasteiger partial charge in [0.05, 0.1) is 30.3 Å². The first kappa shape index (κ1) is 19.0. The fourth-order valence-corrected chi connectivity index (χ4v) is 2.16. The summed E-state index contributed by atoms with van der Waals surface area (Å²) in [5.74, 6) is -1.53. The van der Waals surface area contributed by atoms with E-state index in [4.69, 9.17) is 21.1 Å². The average molecular weight is 342 g/mol. The molecule has 1 aromatic rings. The Kier molecular flexibility index (Phi) is 8.11. The van der Waals surface area contributed by atoms with Gasteiger partial charge < -0.3 is 14.4 Å². The van der Waals surface area contributed by atoms with E-state index in [1.54, 1.807) is 38.1 Å². The van der Waals surface area contributed by atoms with Gasteiger partial charge in [0.2, 0.25) is 5.91 Å². The standard InChI is InChI=1S/C16H20ClNO5/c1-3-22-15(20)9-10-18(13-8-6-5-7-12(13)17)14(19)11-16(21)23-4-2/h5-8H,3-4,9-11H2,1-2H3. The molecule has 0 unspecified atom stereocenters. The van der Waals surface area contributed by atoms with E-state index >= 15 is 0 Å². The molecule has 0 radical (unpaired) electrons. The zero-order chi connectivity index (χ0) is 17.2. The summed E-state index contributed by atoms with van der Waals surface area (Å²) in [7, 11) is 0. The minimum atomic E-state index is -0.620. The third-order valence-electron chi connectivity index (χ3n) is 2.89. The molecule has 0 saturated heterocycles. The van der Waals surface area contributed by atoms with E-state index in [0.29, 0.717) is 10.7 Å². The lowest BCUT2D eigenvalue weighted by atomic mass is 10.2. The molecule has 23 heavy (non-hydrogen) atoms. The summed E-state index contributed by atoms with van der Waals surface area (Å²) in [6.07, 6.45) is -0.407. The number of esters is 2. The van der Waals surface area contributed by atoms with E-state index in [-0.39, 0.29) is 26.2 Å². The van der Waals surface area contributed by atoms with Crippen LogP contribution in [0, 0.1) is 0 Å². The normalized spacial score (nSPS) is 10.0. The van der Waals surface area contributed by atoms with Crippen molar-refractivity contribution in [1.29, 1.82) is 0 Å². The number of carbonyl (C=O) groups excluding carboxylic acids is 3. The van der Waals surface area contributed by atoms with Crippen molar-refractivity contribution in [2.45, 2.75) is 26.7 Å². The Morgan fingerprint density at radius 1 is 1.04 bits per heavy atom. The topological polar surface area (TPSA) is 72.9 Å². The van der Waals surface area contributed by atoms with Gasteiger partial charge in [0, 0.05) is 6.54 Å². The summed E-state index contributed by atoms with van der Waals surface area (Å²) in [6.45, 7) is 3.90. The predicted molar refractivity (Wildman–Crippen MR) is 86.3 cm³/mol. The maximum Gasteiger partial charge on any atom is 0.315 e. The van der Waals surface area contributed by atoms with Gasteiger partial charge in [0.15, 0.2) is 0 Å². The molecule has 126 valence electrons. The maximum absolute atomic E-state index is 12.4. The van der Waals surface area contributed by atoms with Gasteiger partial charge in [-0.1, -0.05) is 23.7 Å². The van der Waals surface area contributed by atoms with Crippen molar-refractivity contribution in [2.75, 3.05) is 24.7 Å². The van der Waals surface area contributed by atoms with Crippen LogP contribution in [0.25, 0.3) is 0 Å². The second-order valence-electron chi connectivity index (χ2n) is 4.53. The van der Waals surface area contributed by atoms with E-state index in [0.717, 1.165) is 0 Å². The number of hydrogen-bond acceptors (Lipinski definition) is 5. The number of benzene rings is 1. The molecule has 6 nitrogen and oxygen atoms in total.